The second-order valence-corrected chi connectivity index (χ2v) is 6.25. The Hall–Kier alpha value is -0.120. The molecule has 1 rings (SSSR count). The maximum atomic E-state index is 5.77. The van der Waals surface area contributed by atoms with Crippen molar-refractivity contribution in [2.45, 2.75) is 46.6 Å². The molecule has 0 aromatic carbocycles. The normalized spacial score (nSPS) is 19.0. The fraction of sp³-hybridized carbons (Fsp3) is 1.00. The van der Waals surface area contributed by atoms with Crippen LogP contribution in [0.2, 0.25) is 0 Å². The molecule has 1 heterocycles. The van der Waals surface area contributed by atoms with Crippen LogP contribution in [0.5, 0.6) is 0 Å². The van der Waals surface area contributed by atoms with Crippen LogP contribution in [0.1, 0.15) is 40.5 Å². The smallest absolute Gasteiger partial charge is 0.0591 e. The van der Waals surface area contributed by atoms with Crippen LogP contribution in [0.25, 0.3) is 0 Å². The van der Waals surface area contributed by atoms with Gasteiger partial charge in [-0.2, -0.15) is 0 Å². The third kappa shape index (κ3) is 6.72. The Morgan fingerprint density at radius 1 is 1.17 bits per heavy atom. The first-order valence-electron chi connectivity index (χ1n) is 7.62. The Labute approximate surface area is 113 Å². The number of rotatable bonds is 8. The van der Waals surface area contributed by atoms with Crippen LogP contribution in [0.15, 0.2) is 0 Å². The zero-order valence-corrected chi connectivity index (χ0v) is 12.7. The number of hydrogen-bond acceptors (Lipinski definition) is 3. The predicted octanol–water partition coefficient (Wildman–Crippen LogP) is 2.37. The van der Waals surface area contributed by atoms with Gasteiger partial charge in [0.25, 0.3) is 0 Å². The van der Waals surface area contributed by atoms with Crippen molar-refractivity contribution in [3.63, 3.8) is 0 Å². The fourth-order valence-corrected chi connectivity index (χ4v) is 2.42. The minimum atomic E-state index is 0.701. The van der Waals surface area contributed by atoms with Crippen molar-refractivity contribution in [2.24, 2.45) is 11.8 Å². The van der Waals surface area contributed by atoms with Crippen LogP contribution in [0.4, 0.5) is 0 Å². The van der Waals surface area contributed by atoms with Crippen molar-refractivity contribution < 1.29 is 4.74 Å². The van der Waals surface area contributed by atoms with Crippen molar-refractivity contribution in [1.82, 2.24) is 10.2 Å². The van der Waals surface area contributed by atoms with Crippen molar-refractivity contribution in [3.05, 3.63) is 0 Å². The zero-order valence-electron chi connectivity index (χ0n) is 12.7. The van der Waals surface area contributed by atoms with Crippen LogP contribution in [-0.4, -0.2) is 50.3 Å². The number of ether oxygens (including phenoxy) is 1. The predicted molar refractivity (Wildman–Crippen MR) is 78.0 cm³/mol. The summed E-state index contributed by atoms with van der Waals surface area (Å²) in [6.45, 7) is 15.4. The molecule has 0 aromatic rings. The summed E-state index contributed by atoms with van der Waals surface area (Å²) in [4.78, 5) is 2.57. The Morgan fingerprint density at radius 3 is 2.39 bits per heavy atom. The lowest BCUT2D eigenvalue weighted by molar-refractivity contribution is 0.0608. The summed E-state index contributed by atoms with van der Waals surface area (Å²) < 4.78 is 5.77. The number of likely N-dealkylation sites (tertiary alicyclic amines) is 1. The van der Waals surface area contributed by atoms with E-state index in [1.54, 1.807) is 0 Å². The van der Waals surface area contributed by atoms with E-state index in [0.29, 0.717) is 6.04 Å². The maximum Gasteiger partial charge on any atom is 0.0591 e. The lowest BCUT2D eigenvalue weighted by atomic mass is 9.97. The minimum absolute atomic E-state index is 0.701. The van der Waals surface area contributed by atoms with Crippen LogP contribution in [-0.2, 0) is 4.74 Å². The summed E-state index contributed by atoms with van der Waals surface area (Å²) >= 11 is 0. The van der Waals surface area contributed by atoms with Crippen molar-refractivity contribution >= 4 is 0 Å². The van der Waals surface area contributed by atoms with Crippen LogP contribution in [0, 0.1) is 11.8 Å². The van der Waals surface area contributed by atoms with Crippen LogP contribution >= 0.6 is 0 Å². The van der Waals surface area contributed by atoms with Crippen molar-refractivity contribution in [3.8, 4) is 0 Å². The topological polar surface area (TPSA) is 24.5 Å². The second kappa shape index (κ2) is 8.89. The van der Waals surface area contributed by atoms with E-state index in [-0.39, 0.29) is 0 Å². The standard InChI is InChI=1S/C15H32N2O/c1-13(2)11-16-7-10-18-12-15-5-8-17(9-6-15)14(3)4/h13-16H,5-12H2,1-4H3. The lowest BCUT2D eigenvalue weighted by Gasteiger charge is -2.34. The minimum Gasteiger partial charge on any atom is -0.380 e. The van der Waals surface area contributed by atoms with Gasteiger partial charge in [0, 0.05) is 19.2 Å². The largest absolute Gasteiger partial charge is 0.380 e. The lowest BCUT2D eigenvalue weighted by Crippen LogP contribution is -2.39. The number of nitrogens with one attached hydrogen (secondary N) is 1. The molecule has 18 heavy (non-hydrogen) atoms. The van der Waals surface area contributed by atoms with Gasteiger partial charge in [-0.05, 0) is 58.2 Å². The molecule has 3 nitrogen and oxygen atoms in total. The third-order valence-electron chi connectivity index (χ3n) is 3.71. The Kier molecular flexibility index (Phi) is 7.87. The molecule has 0 spiro atoms. The molecule has 1 aliphatic rings. The zero-order chi connectivity index (χ0) is 13.4. The fourth-order valence-electron chi connectivity index (χ4n) is 2.42. The SMILES string of the molecule is CC(C)CNCCOCC1CCN(C(C)C)CC1. The monoisotopic (exact) mass is 256 g/mol. The van der Waals surface area contributed by atoms with Crippen LogP contribution < -0.4 is 5.32 Å². The average molecular weight is 256 g/mol. The van der Waals surface area contributed by atoms with E-state index in [2.05, 4.69) is 37.9 Å². The molecule has 1 fully saturated rings. The summed E-state index contributed by atoms with van der Waals surface area (Å²) in [6.07, 6.45) is 2.61. The molecule has 3 heteroatoms. The summed E-state index contributed by atoms with van der Waals surface area (Å²) in [5, 5.41) is 3.41. The number of hydrogen-bond donors (Lipinski definition) is 1. The summed E-state index contributed by atoms with van der Waals surface area (Å²) in [6, 6.07) is 0.701. The van der Waals surface area contributed by atoms with Crippen molar-refractivity contribution in [2.75, 3.05) is 39.4 Å². The molecule has 1 saturated heterocycles. The van der Waals surface area contributed by atoms with Gasteiger partial charge in [-0.25, -0.2) is 0 Å². The number of nitrogens with zero attached hydrogens (tertiary/aromatic N) is 1. The Bertz CT molecular complexity index is 199. The van der Waals surface area contributed by atoms with E-state index in [0.717, 1.165) is 38.1 Å². The van der Waals surface area contributed by atoms with Gasteiger partial charge in [0.2, 0.25) is 0 Å². The molecule has 0 bridgehead atoms. The highest BCUT2D eigenvalue weighted by Gasteiger charge is 2.20. The first-order valence-corrected chi connectivity index (χ1v) is 7.62. The molecular formula is C15H32N2O. The molecule has 1 aliphatic heterocycles. The van der Waals surface area contributed by atoms with E-state index in [9.17, 15) is 0 Å². The molecule has 0 aliphatic carbocycles. The first-order chi connectivity index (χ1) is 8.59. The average Bonchev–Trinajstić information content (AvgIpc) is 2.34. The van der Waals surface area contributed by atoms with Crippen molar-refractivity contribution in [1.29, 1.82) is 0 Å². The second-order valence-electron chi connectivity index (χ2n) is 6.25. The molecule has 0 amide bonds. The van der Waals surface area contributed by atoms with Crippen LogP contribution in [0.3, 0.4) is 0 Å². The summed E-state index contributed by atoms with van der Waals surface area (Å²) in [7, 11) is 0. The van der Waals surface area contributed by atoms with Gasteiger partial charge in [-0.1, -0.05) is 13.8 Å². The van der Waals surface area contributed by atoms with Gasteiger partial charge in [0.1, 0.15) is 0 Å². The van der Waals surface area contributed by atoms with Gasteiger partial charge >= 0.3 is 0 Å². The molecule has 108 valence electrons. The van der Waals surface area contributed by atoms with Gasteiger partial charge in [0.15, 0.2) is 0 Å². The highest BCUT2D eigenvalue weighted by Crippen LogP contribution is 2.18. The van der Waals surface area contributed by atoms with E-state index in [1.165, 1.54) is 25.9 Å². The summed E-state index contributed by atoms with van der Waals surface area (Å²) in [5.41, 5.74) is 0. The molecule has 0 unspecified atom stereocenters. The van der Waals surface area contributed by atoms with E-state index < -0.39 is 0 Å². The molecule has 0 atom stereocenters. The molecule has 1 N–H and O–H groups in total. The van der Waals surface area contributed by atoms with Gasteiger partial charge in [0.05, 0.1) is 6.61 Å². The maximum absolute atomic E-state index is 5.77. The van der Waals surface area contributed by atoms with Gasteiger partial charge in [-0.3, -0.25) is 0 Å². The summed E-state index contributed by atoms with van der Waals surface area (Å²) in [5.74, 6) is 1.51. The highest BCUT2D eigenvalue weighted by atomic mass is 16.5. The molecule has 0 aromatic heterocycles. The quantitative estimate of drug-likeness (QED) is 0.675. The highest BCUT2D eigenvalue weighted by molar-refractivity contribution is 4.74. The van der Waals surface area contributed by atoms with E-state index in [4.69, 9.17) is 4.74 Å². The Morgan fingerprint density at radius 2 is 1.83 bits per heavy atom. The Balaban J connectivity index is 1.95. The van der Waals surface area contributed by atoms with Gasteiger partial charge < -0.3 is 15.0 Å². The third-order valence-corrected chi connectivity index (χ3v) is 3.71. The van der Waals surface area contributed by atoms with E-state index >= 15 is 0 Å². The molecule has 0 saturated carbocycles. The molecule has 0 radical (unpaired) electrons. The molecular weight excluding hydrogens is 224 g/mol. The number of piperidine rings is 1. The van der Waals surface area contributed by atoms with Gasteiger partial charge in [-0.15, -0.1) is 0 Å². The first kappa shape index (κ1) is 15.9. The van der Waals surface area contributed by atoms with E-state index in [1.807, 2.05) is 0 Å².